The van der Waals surface area contributed by atoms with Crippen LogP contribution in [0.25, 0.3) is 0 Å². The van der Waals surface area contributed by atoms with Gasteiger partial charge in [-0.2, -0.15) is 0 Å². The number of nitrogens with zero attached hydrogens (tertiary/aromatic N) is 2. The lowest BCUT2D eigenvalue weighted by atomic mass is 10.0. The minimum Gasteiger partial charge on any atom is -0.354 e. The molecule has 1 N–H and O–H groups in total. The zero-order valence-electron chi connectivity index (χ0n) is 22.8. The van der Waals surface area contributed by atoms with Crippen LogP contribution in [0.2, 0.25) is 5.02 Å². The van der Waals surface area contributed by atoms with Gasteiger partial charge in [-0.3, -0.25) is 13.9 Å². The number of amides is 2. The maximum absolute atomic E-state index is 13.9. The van der Waals surface area contributed by atoms with Crippen molar-refractivity contribution in [3.8, 4) is 0 Å². The second kappa shape index (κ2) is 13.6. The van der Waals surface area contributed by atoms with Crippen molar-refractivity contribution in [2.45, 2.75) is 57.5 Å². The highest BCUT2D eigenvalue weighted by Gasteiger charge is 2.32. The highest BCUT2D eigenvalue weighted by Crippen LogP contribution is 2.26. The van der Waals surface area contributed by atoms with Crippen LogP contribution in [-0.2, 0) is 26.2 Å². The van der Waals surface area contributed by atoms with Crippen LogP contribution >= 0.6 is 11.6 Å². The third-order valence-electron chi connectivity index (χ3n) is 6.44. The van der Waals surface area contributed by atoms with Gasteiger partial charge in [0, 0.05) is 18.1 Å². The van der Waals surface area contributed by atoms with Gasteiger partial charge >= 0.3 is 0 Å². The molecule has 2 amide bonds. The van der Waals surface area contributed by atoms with E-state index in [1.807, 2.05) is 19.1 Å². The number of sulfonamides is 1. The molecule has 9 heteroatoms. The molecular weight excluding hydrogens is 534 g/mol. The van der Waals surface area contributed by atoms with E-state index in [9.17, 15) is 18.0 Å². The van der Waals surface area contributed by atoms with Crippen molar-refractivity contribution in [1.29, 1.82) is 0 Å². The van der Waals surface area contributed by atoms with Crippen molar-refractivity contribution in [2.75, 3.05) is 17.4 Å². The molecule has 0 fully saturated rings. The number of hydrogen-bond donors (Lipinski definition) is 1. The Balaban J connectivity index is 2.01. The fourth-order valence-corrected chi connectivity index (χ4v) is 5.60. The Morgan fingerprint density at radius 1 is 0.897 bits per heavy atom. The molecule has 7 nitrogen and oxygen atoms in total. The molecule has 1 atom stereocenters. The van der Waals surface area contributed by atoms with Gasteiger partial charge in [0.1, 0.15) is 12.6 Å². The molecule has 3 rings (SSSR count). The van der Waals surface area contributed by atoms with Crippen LogP contribution in [0, 0.1) is 0 Å². The third kappa shape index (κ3) is 7.83. The van der Waals surface area contributed by atoms with E-state index in [0.29, 0.717) is 17.3 Å². The van der Waals surface area contributed by atoms with E-state index >= 15 is 0 Å². The summed E-state index contributed by atoms with van der Waals surface area (Å²) in [4.78, 5) is 28.3. The summed E-state index contributed by atoms with van der Waals surface area (Å²) in [7, 11) is -4.09. The van der Waals surface area contributed by atoms with Gasteiger partial charge in [-0.15, -0.1) is 0 Å². The van der Waals surface area contributed by atoms with Gasteiger partial charge in [0.2, 0.25) is 11.8 Å². The zero-order valence-corrected chi connectivity index (χ0v) is 24.4. The molecule has 0 aliphatic carbocycles. The van der Waals surface area contributed by atoms with E-state index in [1.54, 1.807) is 61.5 Å². The van der Waals surface area contributed by atoms with Crippen LogP contribution in [0.5, 0.6) is 0 Å². The van der Waals surface area contributed by atoms with Gasteiger partial charge in [-0.05, 0) is 66.8 Å². The number of anilines is 1. The average molecular weight is 570 g/mol. The Hall–Kier alpha value is -3.36. The van der Waals surface area contributed by atoms with Gasteiger partial charge in [0.25, 0.3) is 10.0 Å². The summed E-state index contributed by atoms with van der Waals surface area (Å²) in [5, 5.41) is 3.39. The molecule has 0 aliphatic heterocycles. The second-order valence-corrected chi connectivity index (χ2v) is 12.0. The van der Waals surface area contributed by atoms with Crippen molar-refractivity contribution in [2.24, 2.45) is 0 Å². The largest absolute Gasteiger partial charge is 0.354 e. The quantitative estimate of drug-likeness (QED) is 0.307. The fraction of sp³-hybridized carbons (Fsp3) is 0.333. The van der Waals surface area contributed by atoms with E-state index in [2.05, 4.69) is 19.2 Å². The van der Waals surface area contributed by atoms with Crippen LogP contribution in [0.1, 0.15) is 51.2 Å². The molecule has 0 aromatic heterocycles. The van der Waals surface area contributed by atoms with E-state index in [-0.39, 0.29) is 23.3 Å². The molecule has 3 aromatic rings. The summed E-state index contributed by atoms with van der Waals surface area (Å²) in [5.74, 6) is -0.549. The number of hydrogen-bond acceptors (Lipinski definition) is 4. The molecule has 3 aromatic carbocycles. The van der Waals surface area contributed by atoms with Crippen LogP contribution in [0.4, 0.5) is 5.69 Å². The summed E-state index contributed by atoms with van der Waals surface area (Å²) in [6.07, 6.45) is 0.749. The fourth-order valence-electron chi connectivity index (χ4n) is 4.04. The first-order valence-corrected chi connectivity index (χ1v) is 14.9. The maximum atomic E-state index is 13.9. The molecule has 0 heterocycles. The lowest BCUT2D eigenvalue weighted by Gasteiger charge is -2.32. The van der Waals surface area contributed by atoms with E-state index in [4.69, 9.17) is 11.6 Å². The summed E-state index contributed by atoms with van der Waals surface area (Å²) in [6.45, 7) is 7.81. The smallest absolute Gasteiger partial charge is 0.264 e. The Kier molecular flexibility index (Phi) is 10.5. The number of halogens is 1. The average Bonchev–Trinajstić information content (AvgIpc) is 2.94. The minimum atomic E-state index is -4.09. The first kappa shape index (κ1) is 30.2. The number of carbonyl (C=O) groups is 2. The highest BCUT2D eigenvalue weighted by atomic mass is 35.5. The molecule has 0 radical (unpaired) electrons. The Morgan fingerprint density at radius 2 is 1.51 bits per heavy atom. The minimum absolute atomic E-state index is 0.0729. The van der Waals surface area contributed by atoms with E-state index in [1.165, 1.54) is 17.0 Å². The van der Waals surface area contributed by atoms with Crippen molar-refractivity contribution < 1.29 is 18.0 Å². The molecule has 0 spiro atoms. The van der Waals surface area contributed by atoms with Gasteiger partial charge < -0.3 is 10.2 Å². The monoisotopic (exact) mass is 569 g/mol. The van der Waals surface area contributed by atoms with Crippen LogP contribution in [-0.4, -0.2) is 44.3 Å². The van der Waals surface area contributed by atoms with Crippen molar-refractivity contribution >= 4 is 39.1 Å². The first-order chi connectivity index (χ1) is 18.5. The summed E-state index contributed by atoms with van der Waals surface area (Å²) >= 11 is 6.04. The molecule has 0 saturated carbocycles. The summed E-state index contributed by atoms with van der Waals surface area (Å²) in [5.41, 5.74) is 2.18. The number of nitrogens with one attached hydrogen (secondary N) is 1. The Bertz CT molecular complexity index is 1350. The van der Waals surface area contributed by atoms with E-state index < -0.39 is 28.5 Å². The standard InChI is InChI=1S/C30H36ClN3O4S/c1-5-19-32-30(36)23(4)33(20-24-11-15-26(31)16-12-24)29(35)21-34(27-17-13-25(14-18-27)22(2)3)39(37,38)28-9-7-6-8-10-28/h6-18,22-23H,5,19-21H2,1-4H3,(H,32,36). The van der Waals surface area contributed by atoms with Gasteiger partial charge in [0.05, 0.1) is 10.6 Å². The normalized spacial score (nSPS) is 12.2. The number of carbonyl (C=O) groups excluding carboxylic acids is 2. The Labute approximate surface area is 236 Å². The van der Waals surface area contributed by atoms with Gasteiger partial charge in [-0.25, -0.2) is 8.42 Å². The first-order valence-electron chi connectivity index (χ1n) is 13.0. The highest BCUT2D eigenvalue weighted by molar-refractivity contribution is 7.92. The molecule has 0 bridgehead atoms. The molecule has 1 unspecified atom stereocenters. The van der Waals surface area contributed by atoms with Crippen LogP contribution in [0.3, 0.4) is 0 Å². The molecule has 0 saturated heterocycles. The predicted molar refractivity (Wildman–Crippen MR) is 156 cm³/mol. The summed E-state index contributed by atoms with van der Waals surface area (Å²) in [6, 6.07) is 21.3. The summed E-state index contributed by atoms with van der Waals surface area (Å²) < 4.78 is 28.7. The third-order valence-corrected chi connectivity index (χ3v) is 8.48. The topological polar surface area (TPSA) is 86.8 Å². The van der Waals surface area contributed by atoms with E-state index in [0.717, 1.165) is 21.9 Å². The molecule has 0 aliphatic rings. The van der Waals surface area contributed by atoms with Gasteiger partial charge in [0.15, 0.2) is 0 Å². The number of benzene rings is 3. The molecule has 208 valence electrons. The number of rotatable bonds is 12. The Morgan fingerprint density at radius 3 is 2.08 bits per heavy atom. The van der Waals surface area contributed by atoms with Crippen molar-refractivity contribution in [1.82, 2.24) is 10.2 Å². The predicted octanol–water partition coefficient (Wildman–Crippen LogP) is 5.60. The second-order valence-electron chi connectivity index (χ2n) is 9.69. The lowest BCUT2D eigenvalue weighted by Crippen LogP contribution is -2.51. The van der Waals surface area contributed by atoms with Crippen molar-refractivity contribution in [3.05, 3.63) is 95.0 Å². The maximum Gasteiger partial charge on any atom is 0.264 e. The van der Waals surface area contributed by atoms with Gasteiger partial charge in [-0.1, -0.05) is 74.8 Å². The molecule has 39 heavy (non-hydrogen) atoms. The van der Waals surface area contributed by atoms with Crippen molar-refractivity contribution in [3.63, 3.8) is 0 Å². The van der Waals surface area contributed by atoms with Crippen LogP contribution < -0.4 is 9.62 Å². The zero-order chi connectivity index (χ0) is 28.6. The lowest BCUT2D eigenvalue weighted by molar-refractivity contribution is -0.139. The van der Waals surface area contributed by atoms with Crippen LogP contribution in [0.15, 0.2) is 83.8 Å². The SMILES string of the molecule is CCCNC(=O)C(C)N(Cc1ccc(Cl)cc1)C(=O)CN(c1ccc(C(C)C)cc1)S(=O)(=O)c1ccccc1. The molecular formula is C30H36ClN3O4S.